The molecule has 0 bridgehead atoms. The van der Waals surface area contributed by atoms with Crippen LogP contribution in [0.3, 0.4) is 0 Å². The van der Waals surface area contributed by atoms with Crippen molar-refractivity contribution < 1.29 is 22.4 Å². The topological polar surface area (TPSA) is 106 Å². The van der Waals surface area contributed by atoms with Gasteiger partial charge in [0.2, 0.25) is 5.88 Å². The minimum Gasteiger partial charge on any atom is -0.481 e. The Bertz CT molecular complexity index is 703. The van der Waals surface area contributed by atoms with Crippen LogP contribution in [0.5, 0.6) is 5.88 Å². The molecule has 0 spiro atoms. The van der Waals surface area contributed by atoms with Crippen LogP contribution in [-0.2, 0) is 16.7 Å². The Morgan fingerprint density at radius 1 is 1.38 bits per heavy atom. The molecule has 112 valence electrons. The first-order valence-electron chi connectivity index (χ1n) is 6.15. The van der Waals surface area contributed by atoms with E-state index < -0.39 is 10.1 Å². The molecule has 0 saturated carbocycles. The number of hydrogen-bond acceptors (Lipinski definition) is 6. The van der Waals surface area contributed by atoms with Gasteiger partial charge in [0.1, 0.15) is 12.5 Å². The molecule has 2 rings (SSSR count). The molecule has 1 N–H and O–H groups in total. The van der Waals surface area contributed by atoms with Gasteiger partial charge >= 0.3 is 0 Å². The van der Waals surface area contributed by atoms with Crippen molar-refractivity contribution in [3.05, 3.63) is 30.9 Å². The van der Waals surface area contributed by atoms with Gasteiger partial charge in [0.05, 0.1) is 18.6 Å². The van der Waals surface area contributed by atoms with E-state index in [0.717, 1.165) is 5.56 Å². The molecule has 0 aliphatic rings. The maximum Gasteiger partial charge on any atom is 0.265 e. The second-order valence-corrected chi connectivity index (χ2v) is 5.84. The minimum atomic E-state index is -3.93. The van der Waals surface area contributed by atoms with Crippen LogP contribution in [0, 0.1) is 0 Å². The van der Waals surface area contributed by atoms with Gasteiger partial charge in [0.25, 0.3) is 10.1 Å². The summed E-state index contributed by atoms with van der Waals surface area (Å²) in [5.41, 5.74) is 1.47. The van der Waals surface area contributed by atoms with E-state index in [0.29, 0.717) is 18.1 Å². The van der Waals surface area contributed by atoms with Crippen LogP contribution in [0.25, 0.3) is 11.3 Å². The molecular weight excluding hydrogens is 296 g/mol. The number of aromatic nitrogens is 4. The highest BCUT2D eigenvalue weighted by molar-refractivity contribution is 7.85. The average molecular weight is 311 g/mol. The Labute approximate surface area is 122 Å². The molecule has 2 aromatic rings. The van der Waals surface area contributed by atoms with Crippen LogP contribution in [0.4, 0.5) is 0 Å². The van der Waals surface area contributed by atoms with Crippen LogP contribution in [0.2, 0.25) is 0 Å². The SMILES string of the molecule is COc1cc(-c2cc[n+](CCCS(=O)(=O)O)nc2)ncn1. The largest absolute Gasteiger partial charge is 0.481 e. The summed E-state index contributed by atoms with van der Waals surface area (Å²) in [7, 11) is -2.40. The first kappa shape index (κ1) is 15.3. The number of methoxy groups -OCH3 is 1. The van der Waals surface area contributed by atoms with E-state index in [9.17, 15) is 8.42 Å². The maximum atomic E-state index is 10.6. The smallest absolute Gasteiger partial charge is 0.265 e. The predicted octanol–water partition coefficient (Wildman–Crippen LogP) is 0.113. The highest BCUT2D eigenvalue weighted by atomic mass is 32.2. The van der Waals surface area contributed by atoms with Gasteiger partial charge in [-0.25, -0.2) is 9.97 Å². The highest BCUT2D eigenvalue weighted by Gasteiger charge is 2.10. The summed E-state index contributed by atoms with van der Waals surface area (Å²) < 4.78 is 36.5. The van der Waals surface area contributed by atoms with Gasteiger partial charge in [-0.2, -0.15) is 8.42 Å². The van der Waals surface area contributed by atoms with Crippen molar-refractivity contribution in [2.45, 2.75) is 13.0 Å². The van der Waals surface area contributed by atoms with Gasteiger partial charge in [0.15, 0.2) is 12.7 Å². The van der Waals surface area contributed by atoms with Crippen LogP contribution in [-0.4, -0.2) is 40.9 Å². The number of nitrogens with zero attached hydrogens (tertiary/aromatic N) is 4. The molecule has 0 aliphatic heterocycles. The summed E-state index contributed by atoms with van der Waals surface area (Å²) in [5, 5.41) is 4.17. The molecule has 0 aromatic carbocycles. The van der Waals surface area contributed by atoms with Gasteiger partial charge in [-0.1, -0.05) is 4.68 Å². The van der Waals surface area contributed by atoms with Crippen molar-refractivity contribution in [2.24, 2.45) is 0 Å². The van der Waals surface area contributed by atoms with E-state index in [2.05, 4.69) is 15.1 Å². The van der Waals surface area contributed by atoms with E-state index in [4.69, 9.17) is 9.29 Å². The number of hydrogen-bond donors (Lipinski definition) is 1. The Morgan fingerprint density at radius 3 is 2.81 bits per heavy atom. The summed E-state index contributed by atoms with van der Waals surface area (Å²) in [6.07, 6.45) is 5.03. The standard InChI is InChI=1S/C12H14N4O4S/c1-20-12-7-11(13-9-14-12)10-3-5-16(15-8-10)4-2-6-21(17,18)19/h3,5,7-9H,2,4,6H2,1H3/p+1. The summed E-state index contributed by atoms with van der Waals surface area (Å²) in [4.78, 5) is 8.05. The van der Waals surface area contributed by atoms with Gasteiger partial charge in [-0.05, 0) is 5.10 Å². The van der Waals surface area contributed by atoms with E-state index in [1.54, 1.807) is 23.1 Å². The monoisotopic (exact) mass is 311 g/mol. The fourth-order valence-corrected chi connectivity index (χ4v) is 2.18. The first-order valence-corrected chi connectivity index (χ1v) is 7.76. The molecule has 0 fully saturated rings. The molecular formula is C12H15N4O4S+. The van der Waals surface area contributed by atoms with Crippen molar-refractivity contribution in [3.8, 4) is 17.1 Å². The minimum absolute atomic E-state index is 0.285. The molecule has 0 atom stereocenters. The summed E-state index contributed by atoms with van der Waals surface area (Å²) >= 11 is 0. The number of ether oxygens (including phenoxy) is 1. The lowest BCUT2D eigenvalue weighted by molar-refractivity contribution is -0.753. The van der Waals surface area contributed by atoms with E-state index in [-0.39, 0.29) is 12.2 Å². The van der Waals surface area contributed by atoms with Crippen LogP contribution in [0.15, 0.2) is 30.9 Å². The second kappa shape index (κ2) is 6.55. The lowest BCUT2D eigenvalue weighted by Gasteiger charge is -2.01. The molecule has 0 saturated heterocycles. The van der Waals surface area contributed by atoms with E-state index >= 15 is 0 Å². The molecule has 2 heterocycles. The lowest BCUT2D eigenvalue weighted by Crippen LogP contribution is -2.38. The number of rotatable bonds is 6. The van der Waals surface area contributed by atoms with E-state index in [1.807, 2.05) is 6.07 Å². The third-order valence-corrected chi connectivity index (χ3v) is 3.51. The van der Waals surface area contributed by atoms with Crippen molar-refractivity contribution in [2.75, 3.05) is 12.9 Å². The van der Waals surface area contributed by atoms with Crippen molar-refractivity contribution in [1.29, 1.82) is 0 Å². The number of aryl methyl sites for hydroxylation is 1. The van der Waals surface area contributed by atoms with Gasteiger partial charge < -0.3 is 4.74 Å². The Hall–Kier alpha value is -2.13. The molecule has 0 radical (unpaired) electrons. The normalized spacial score (nSPS) is 11.3. The molecule has 2 aromatic heterocycles. The van der Waals surface area contributed by atoms with Crippen molar-refractivity contribution >= 4 is 10.1 Å². The summed E-state index contributed by atoms with van der Waals surface area (Å²) in [5.74, 6) is 0.178. The van der Waals surface area contributed by atoms with Gasteiger partial charge in [-0.15, -0.1) is 0 Å². The zero-order valence-corrected chi connectivity index (χ0v) is 12.2. The van der Waals surface area contributed by atoms with Crippen LogP contribution >= 0.6 is 0 Å². The second-order valence-electron chi connectivity index (χ2n) is 4.26. The zero-order chi connectivity index (χ0) is 15.3. The quantitative estimate of drug-likeness (QED) is 0.596. The Balaban J connectivity index is 2.04. The van der Waals surface area contributed by atoms with Gasteiger partial charge in [-0.3, -0.25) is 4.55 Å². The zero-order valence-electron chi connectivity index (χ0n) is 11.4. The average Bonchev–Trinajstić information content (AvgIpc) is 2.47. The Kier molecular flexibility index (Phi) is 4.76. The van der Waals surface area contributed by atoms with Crippen molar-refractivity contribution in [3.63, 3.8) is 0 Å². The third-order valence-electron chi connectivity index (χ3n) is 2.71. The van der Waals surface area contributed by atoms with Crippen LogP contribution in [0.1, 0.15) is 6.42 Å². The third kappa shape index (κ3) is 4.72. The van der Waals surface area contributed by atoms with Crippen molar-refractivity contribution in [1.82, 2.24) is 15.1 Å². The summed E-state index contributed by atoms with van der Waals surface area (Å²) in [6, 6.07) is 3.50. The first-order chi connectivity index (χ1) is 9.98. The molecule has 0 aliphatic carbocycles. The fraction of sp³-hybridized carbons (Fsp3) is 0.333. The maximum absolute atomic E-state index is 10.6. The molecule has 8 nitrogen and oxygen atoms in total. The molecule has 21 heavy (non-hydrogen) atoms. The lowest BCUT2D eigenvalue weighted by atomic mass is 10.2. The highest BCUT2D eigenvalue weighted by Crippen LogP contribution is 2.17. The Morgan fingerprint density at radius 2 is 2.19 bits per heavy atom. The van der Waals surface area contributed by atoms with E-state index in [1.165, 1.54) is 13.4 Å². The van der Waals surface area contributed by atoms with Gasteiger partial charge in [0, 0.05) is 24.1 Å². The van der Waals surface area contributed by atoms with Crippen LogP contribution < -0.4 is 9.42 Å². The molecule has 0 unspecified atom stereocenters. The summed E-state index contributed by atoms with van der Waals surface area (Å²) in [6.45, 7) is 0.396. The fourth-order valence-electron chi connectivity index (χ4n) is 1.69. The predicted molar refractivity (Wildman–Crippen MR) is 73.0 cm³/mol. The molecule has 9 heteroatoms. The molecule has 0 amide bonds.